The predicted octanol–water partition coefficient (Wildman–Crippen LogP) is 3.65. The molecule has 5 nitrogen and oxygen atoms in total. The molecule has 116 valence electrons. The Kier molecular flexibility index (Phi) is 6.30. The number of rotatable bonds is 4. The van der Waals surface area contributed by atoms with Crippen molar-refractivity contribution in [1.82, 2.24) is 5.32 Å². The van der Waals surface area contributed by atoms with Crippen molar-refractivity contribution >= 4 is 35.3 Å². The lowest BCUT2D eigenvalue weighted by atomic mass is 10.1. The zero-order valence-electron chi connectivity index (χ0n) is 12.0. The maximum atomic E-state index is 11.9. The molecule has 0 aliphatic carbocycles. The normalized spacial score (nSPS) is 12.4. The van der Waals surface area contributed by atoms with Crippen molar-refractivity contribution in [3.05, 3.63) is 34.9 Å². The summed E-state index contributed by atoms with van der Waals surface area (Å²) in [5.41, 5.74) is -0.206. The Morgan fingerprint density at radius 3 is 2.52 bits per heavy atom. The number of alkyl carbamates (subject to hydrolysis) is 1. The number of hydrogen-bond acceptors (Lipinski definition) is 4. The lowest BCUT2D eigenvalue weighted by Gasteiger charge is -2.23. The van der Waals surface area contributed by atoms with Gasteiger partial charge in [0.1, 0.15) is 5.60 Å². The van der Waals surface area contributed by atoms with Crippen LogP contribution in [0.4, 0.5) is 4.79 Å². The molecule has 1 amide bonds. The Balaban J connectivity index is 2.93. The van der Waals surface area contributed by atoms with E-state index in [1.165, 1.54) is 0 Å². The van der Waals surface area contributed by atoms with Gasteiger partial charge in [-0.25, -0.2) is 9.59 Å². The number of alkyl halides is 1. The molecule has 1 atom stereocenters. The Morgan fingerprint density at radius 1 is 1.33 bits per heavy atom. The standard InChI is InChI=1S/C14H17Cl2NO4/c1-14(2,3)21-13(19)17-11(12(18)20-8-15)9-5-4-6-10(16)7-9/h4-7,11H,8H2,1-3H3,(H,17,19). The molecule has 0 fully saturated rings. The van der Waals surface area contributed by atoms with Gasteiger partial charge in [0.05, 0.1) is 0 Å². The monoisotopic (exact) mass is 333 g/mol. The Morgan fingerprint density at radius 2 is 2.00 bits per heavy atom. The van der Waals surface area contributed by atoms with Crippen LogP contribution in [0.15, 0.2) is 24.3 Å². The van der Waals surface area contributed by atoms with Crippen molar-refractivity contribution in [3.63, 3.8) is 0 Å². The maximum absolute atomic E-state index is 11.9. The molecule has 7 heteroatoms. The minimum Gasteiger partial charge on any atom is -0.448 e. The van der Waals surface area contributed by atoms with Crippen LogP contribution >= 0.6 is 23.2 Å². The van der Waals surface area contributed by atoms with Gasteiger partial charge in [0.15, 0.2) is 12.1 Å². The molecule has 1 N–H and O–H groups in total. The van der Waals surface area contributed by atoms with Gasteiger partial charge in [0.25, 0.3) is 0 Å². The van der Waals surface area contributed by atoms with Crippen molar-refractivity contribution in [1.29, 1.82) is 0 Å². The van der Waals surface area contributed by atoms with Gasteiger partial charge in [-0.1, -0.05) is 35.3 Å². The van der Waals surface area contributed by atoms with Gasteiger partial charge >= 0.3 is 12.1 Å². The van der Waals surface area contributed by atoms with E-state index in [4.69, 9.17) is 32.7 Å². The second kappa shape index (κ2) is 7.52. The summed E-state index contributed by atoms with van der Waals surface area (Å²) >= 11 is 11.3. The summed E-state index contributed by atoms with van der Waals surface area (Å²) in [6.45, 7) is 5.16. The topological polar surface area (TPSA) is 64.6 Å². The zero-order chi connectivity index (χ0) is 16.0. The highest BCUT2D eigenvalue weighted by Crippen LogP contribution is 2.20. The van der Waals surface area contributed by atoms with Crippen LogP contribution in [0, 0.1) is 0 Å². The highest BCUT2D eigenvalue weighted by atomic mass is 35.5. The molecule has 0 heterocycles. The van der Waals surface area contributed by atoms with Crippen molar-refractivity contribution in [2.75, 3.05) is 6.07 Å². The third-order valence-corrected chi connectivity index (χ3v) is 2.62. The first-order chi connectivity index (χ1) is 9.73. The Bertz CT molecular complexity index is 514. The molecular formula is C14H17Cl2NO4. The summed E-state index contributed by atoms with van der Waals surface area (Å²) < 4.78 is 9.87. The van der Waals surface area contributed by atoms with E-state index in [1.807, 2.05) is 0 Å². The SMILES string of the molecule is CC(C)(C)OC(=O)NC(C(=O)OCCl)c1cccc(Cl)c1. The lowest BCUT2D eigenvalue weighted by Crippen LogP contribution is -2.38. The van der Waals surface area contributed by atoms with E-state index in [1.54, 1.807) is 45.0 Å². The molecule has 0 aliphatic rings. The molecule has 21 heavy (non-hydrogen) atoms. The first-order valence-electron chi connectivity index (χ1n) is 6.20. The van der Waals surface area contributed by atoms with E-state index in [0.29, 0.717) is 10.6 Å². The van der Waals surface area contributed by atoms with E-state index >= 15 is 0 Å². The summed E-state index contributed by atoms with van der Waals surface area (Å²) in [6, 6.07) is 5.16. The average Bonchev–Trinajstić information content (AvgIpc) is 2.34. The molecular weight excluding hydrogens is 317 g/mol. The number of hydrogen-bond donors (Lipinski definition) is 1. The van der Waals surface area contributed by atoms with Gasteiger partial charge in [-0.3, -0.25) is 0 Å². The molecule has 0 aliphatic heterocycles. The van der Waals surface area contributed by atoms with Gasteiger partial charge < -0.3 is 14.8 Å². The number of halogens is 2. The number of benzene rings is 1. The number of amides is 1. The van der Waals surface area contributed by atoms with E-state index < -0.39 is 23.7 Å². The van der Waals surface area contributed by atoms with Crippen molar-refractivity contribution in [2.24, 2.45) is 0 Å². The van der Waals surface area contributed by atoms with Crippen LogP contribution in [-0.2, 0) is 14.3 Å². The third-order valence-electron chi connectivity index (χ3n) is 2.28. The zero-order valence-corrected chi connectivity index (χ0v) is 13.5. The summed E-state index contributed by atoms with van der Waals surface area (Å²) in [4.78, 5) is 23.8. The van der Waals surface area contributed by atoms with Crippen molar-refractivity contribution in [2.45, 2.75) is 32.4 Å². The first-order valence-corrected chi connectivity index (χ1v) is 7.12. The van der Waals surface area contributed by atoms with E-state index in [9.17, 15) is 9.59 Å². The minimum atomic E-state index is -1.04. The van der Waals surface area contributed by atoms with Gasteiger partial charge in [-0.2, -0.15) is 0 Å². The number of esters is 1. The molecule has 0 radical (unpaired) electrons. The maximum Gasteiger partial charge on any atom is 0.408 e. The second-order valence-corrected chi connectivity index (χ2v) is 5.86. The lowest BCUT2D eigenvalue weighted by molar-refractivity contribution is -0.144. The Hall–Kier alpha value is -1.46. The number of carbonyl (C=O) groups excluding carboxylic acids is 2. The molecule has 0 spiro atoms. The summed E-state index contributed by atoms with van der Waals surface area (Å²) in [5, 5.41) is 2.88. The second-order valence-electron chi connectivity index (χ2n) is 5.21. The first kappa shape index (κ1) is 17.6. The van der Waals surface area contributed by atoms with Gasteiger partial charge in [-0.05, 0) is 38.5 Å². The highest BCUT2D eigenvalue weighted by Gasteiger charge is 2.27. The van der Waals surface area contributed by atoms with Gasteiger partial charge in [-0.15, -0.1) is 0 Å². The molecule has 0 saturated carbocycles. The smallest absolute Gasteiger partial charge is 0.408 e. The van der Waals surface area contributed by atoms with Crippen LogP contribution in [0.25, 0.3) is 0 Å². The molecule has 1 rings (SSSR count). The van der Waals surface area contributed by atoms with Crippen LogP contribution in [0.1, 0.15) is 32.4 Å². The fourth-order valence-corrected chi connectivity index (χ4v) is 1.83. The fourth-order valence-electron chi connectivity index (χ4n) is 1.53. The average molecular weight is 334 g/mol. The largest absolute Gasteiger partial charge is 0.448 e. The van der Waals surface area contributed by atoms with Crippen LogP contribution < -0.4 is 5.32 Å². The van der Waals surface area contributed by atoms with Crippen LogP contribution in [0.5, 0.6) is 0 Å². The summed E-state index contributed by atoms with van der Waals surface area (Å²) in [5.74, 6) is -0.696. The molecule has 0 aromatic heterocycles. The molecule has 1 aromatic carbocycles. The van der Waals surface area contributed by atoms with Crippen molar-refractivity contribution in [3.8, 4) is 0 Å². The van der Waals surface area contributed by atoms with Crippen LogP contribution in [-0.4, -0.2) is 23.7 Å². The van der Waals surface area contributed by atoms with Crippen LogP contribution in [0.2, 0.25) is 5.02 Å². The molecule has 1 aromatic rings. The summed E-state index contributed by atoms with van der Waals surface area (Å²) in [7, 11) is 0. The minimum absolute atomic E-state index is 0.314. The van der Waals surface area contributed by atoms with Gasteiger partial charge in [0, 0.05) is 5.02 Å². The Labute approximate surface area is 133 Å². The summed E-state index contributed by atoms with van der Waals surface area (Å²) in [6.07, 6.45) is -0.737. The number of nitrogens with one attached hydrogen (secondary N) is 1. The third kappa shape index (κ3) is 6.23. The quantitative estimate of drug-likeness (QED) is 0.674. The highest BCUT2D eigenvalue weighted by molar-refractivity contribution is 6.30. The van der Waals surface area contributed by atoms with Crippen molar-refractivity contribution < 1.29 is 19.1 Å². The molecule has 0 saturated heterocycles. The van der Waals surface area contributed by atoms with E-state index in [2.05, 4.69) is 5.32 Å². The number of carbonyl (C=O) groups is 2. The van der Waals surface area contributed by atoms with E-state index in [-0.39, 0.29) is 6.07 Å². The number of ether oxygens (including phenoxy) is 2. The van der Waals surface area contributed by atoms with Crippen LogP contribution in [0.3, 0.4) is 0 Å². The fraction of sp³-hybridized carbons (Fsp3) is 0.429. The predicted molar refractivity (Wildman–Crippen MR) is 80.4 cm³/mol. The molecule has 1 unspecified atom stereocenters. The van der Waals surface area contributed by atoms with E-state index in [0.717, 1.165) is 0 Å². The van der Waals surface area contributed by atoms with Gasteiger partial charge in [0.2, 0.25) is 0 Å². The molecule has 0 bridgehead atoms.